The van der Waals surface area contributed by atoms with Crippen LogP contribution in [0.4, 0.5) is 0 Å². The smallest absolute Gasteiger partial charge is 0.303 e. The topological polar surface area (TPSA) is 77.8 Å². The van der Waals surface area contributed by atoms with E-state index in [9.17, 15) is 0 Å². The first-order chi connectivity index (χ1) is 16.8. The predicted octanol–water partition coefficient (Wildman–Crippen LogP) is 7.57. The summed E-state index contributed by atoms with van der Waals surface area (Å²) in [4.78, 5) is 21.6. The molecule has 9 saturated carbocycles. The van der Waals surface area contributed by atoms with Crippen molar-refractivity contribution in [1.82, 2.24) is 0 Å². The Balaban J connectivity index is 0.0000000899. The highest BCUT2D eigenvalue weighted by Crippen LogP contribution is 2.60. The van der Waals surface area contributed by atoms with Crippen LogP contribution in [-0.4, -0.2) is 14.7 Å². The van der Waals surface area contributed by atoms with Gasteiger partial charge >= 0.3 is 7.82 Å². The zero-order valence-electron chi connectivity index (χ0n) is 21.9. The normalized spacial score (nSPS) is 51.1. The van der Waals surface area contributed by atoms with Gasteiger partial charge in [-0.05, 0) is 167 Å². The third kappa shape index (κ3) is 5.35. The Morgan fingerprint density at radius 3 is 0.714 bits per heavy atom. The highest BCUT2D eigenvalue weighted by Gasteiger charge is 2.50. The Kier molecular flexibility index (Phi) is 7.51. The fourth-order valence-electron chi connectivity index (χ4n) is 12.1. The van der Waals surface area contributed by atoms with Crippen LogP contribution < -0.4 is 0 Å². The van der Waals surface area contributed by atoms with E-state index in [1.807, 2.05) is 0 Å². The van der Waals surface area contributed by atoms with Crippen LogP contribution in [0.5, 0.6) is 0 Å². The number of hydrogen-bond donors (Lipinski definition) is 3. The van der Waals surface area contributed by atoms with Gasteiger partial charge in [-0.15, -0.1) is 0 Å². The Morgan fingerprint density at radius 1 is 0.371 bits per heavy atom. The lowest BCUT2D eigenvalue weighted by atomic mass is 9.82. The molecule has 4 nitrogen and oxygen atoms in total. The molecule has 0 heterocycles. The van der Waals surface area contributed by atoms with Crippen molar-refractivity contribution in [3.8, 4) is 0 Å². The lowest BCUT2D eigenvalue weighted by molar-refractivity contribution is 0.259. The van der Waals surface area contributed by atoms with Gasteiger partial charge in [-0.1, -0.05) is 19.3 Å². The van der Waals surface area contributed by atoms with Gasteiger partial charge in [-0.2, -0.15) is 0 Å². The molecule has 12 unspecified atom stereocenters. The summed E-state index contributed by atoms with van der Waals surface area (Å²) in [6, 6.07) is 0. The molecule has 0 amide bonds. The first-order valence-electron chi connectivity index (χ1n) is 15.6. The predicted molar refractivity (Wildman–Crippen MR) is 139 cm³/mol. The van der Waals surface area contributed by atoms with Gasteiger partial charge in [0, 0.05) is 0 Å². The van der Waals surface area contributed by atoms with Crippen molar-refractivity contribution in [2.75, 3.05) is 0 Å². The second-order valence-electron chi connectivity index (χ2n) is 14.3. The summed E-state index contributed by atoms with van der Waals surface area (Å²) >= 11 is 0. The lowest BCUT2D eigenvalue weighted by Crippen LogP contribution is -2.15. The summed E-state index contributed by atoms with van der Waals surface area (Å²) in [7, 11) is -4.64. The molecule has 0 radical (unpaired) electrons. The number of fused-ring (bicyclic) bond motifs is 15. The quantitative estimate of drug-likeness (QED) is 0.296. The van der Waals surface area contributed by atoms with Crippen molar-refractivity contribution in [2.24, 2.45) is 71.0 Å². The van der Waals surface area contributed by atoms with E-state index in [1.165, 1.54) is 71.0 Å². The van der Waals surface area contributed by atoms with E-state index < -0.39 is 7.82 Å². The summed E-state index contributed by atoms with van der Waals surface area (Å²) in [6.07, 6.45) is 28.6. The zero-order valence-corrected chi connectivity index (χ0v) is 22.7. The Morgan fingerprint density at radius 2 is 0.543 bits per heavy atom. The molecule has 9 aliphatic carbocycles. The van der Waals surface area contributed by atoms with E-state index in [0.717, 1.165) is 0 Å². The maximum atomic E-state index is 8.88. The monoisotopic (exact) mass is 506 g/mol. The van der Waals surface area contributed by atoms with Crippen LogP contribution in [0.1, 0.15) is 116 Å². The Labute approximate surface area is 213 Å². The molecule has 0 aliphatic heterocycles. The standard InChI is InChI=1S/3C10H16.H3O4P/c3*1-2-9-7-4-5-8(6-7)10(9)3-1;1-5(2,3)4/h3*7-10H,1-6H2;(H3,1,2,3,4). The van der Waals surface area contributed by atoms with Crippen molar-refractivity contribution < 1.29 is 19.2 Å². The van der Waals surface area contributed by atoms with Gasteiger partial charge in [-0.3, -0.25) is 0 Å². The summed E-state index contributed by atoms with van der Waals surface area (Å²) < 4.78 is 8.88. The van der Waals surface area contributed by atoms with Crippen molar-refractivity contribution in [3.05, 3.63) is 0 Å². The molecule has 0 spiro atoms. The van der Waals surface area contributed by atoms with Gasteiger partial charge in [0.15, 0.2) is 0 Å². The average Bonchev–Trinajstić information content (AvgIpc) is 3.69. The fraction of sp³-hybridized carbons (Fsp3) is 1.00. The number of hydrogen-bond acceptors (Lipinski definition) is 1. The van der Waals surface area contributed by atoms with E-state index >= 15 is 0 Å². The van der Waals surface area contributed by atoms with Crippen LogP contribution >= 0.6 is 7.82 Å². The summed E-state index contributed by atoms with van der Waals surface area (Å²) in [6.45, 7) is 0. The van der Waals surface area contributed by atoms with Crippen LogP contribution in [0.3, 0.4) is 0 Å². The van der Waals surface area contributed by atoms with E-state index in [1.54, 1.807) is 116 Å². The molecule has 9 rings (SSSR count). The van der Waals surface area contributed by atoms with Crippen molar-refractivity contribution in [3.63, 3.8) is 0 Å². The number of rotatable bonds is 0. The Bertz CT molecular complexity index is 638. The molecule has 0 aromatic heterocycles. The van der Waals surface area contributed by atoms with Crippen LogP contribution in [0, 0.1) is 71.0 Å². The second-order valence-corrected chi connectivity index (χ2v) is 15.3. The molecule has 3 N–H and O–H groups in total. The molecule has 0 aromatic rings. The molecule has 0 aromatic carbocycles. The third-order valence-corrected chi connectivity index (χ3v) is 13.0. The van der Waals surface area contributed by atoms with Crippen molar-refractivity contribution in [1.29, 1.82) is 0 Å². The van der Waals surface area contributed by atoms with E-state index in [2.05, 4.69) is 0 Å². The minimum Gasteiger partial charge on any atom is -0.303 e. The highest BCUT2D eigenvalue weighted by atomic mass is 31.2. The minimum atomic E-state index is -4.64. The van der Waals surface area contributed by atoms with Gasteiger partial charge < -0.3 is 14.7 Å². The van der Waals surface area contributed by atoms with E-state index in [-0.39, 0.29) is 0 Å². The molecular formula is C30H51O4P. The van der Waals surface area contributed by atoms with Gasteiger partial charge in [0.1, 0.15) is 0 Å². The Hall–Kier alpha value is 0.110. The van der Waals surface area contributed by atoms with Gasteiger partial charge in [-0.25, -0.2) is 4.57 Å². The molecular weight excluding hydrogens is 455 g/mol. The van der Waals surface area contributed by atoms with Gasteiger partial charge in [0.05, 0.1) is 0 Å². The maximum absolute atomic E-state index is 8.88. The van der Waals surface area contributed by atoms with Crippen LogP contribution in [0.2, 0.25) is 0 Å². The van der Waals surface area contributed by atoms with E-state index in [4.69, 9.17) is 19.2 Å². The van der Waals surface area contributed by atoms with Crippen molar-refractivity contribution >= 4 is 7.82 Å². The van der Waals surface area contributed by atoms with E-state index in [0.29, 0.717) is 0 Å². The highest BCUT2D eigenvalue weighted by molar-refractivity contribution is 7.45. The SMILES string of the molecule is C1CC2C3CCC(C3)C2C1.C1CC2C3CCC(C3)C2C1.C1CC2C3CCC(C3)C2C1.O=P(O)(O)O. The van der Waals surface area contributed by atoms with Crippen molar-refractivity contribution in [2.45, 2.75) is 116 Å². The molecule has 12 atom stereocenters. The molecule has 9 fully saturated rings. The second kappa shape index (κ2) is 10.3. The first-order valence-corrected chi connectivity index (χ1v) is 17.2. The van der Waals surface area contributed by atoms with Crippen LogP contribution in [0.25, 0.3) is 0 Å². The number of phosphoric acid groups is 1. The van der Waals surface area contributed by atoms with Crippen LogP contribution in [0.15, 0.2) is 0 Å². The first kappa shape index (κ1) is 25.4. The fourth-order valence-corrected chi connectivity index (χ4v) is 12.1. The summed E-state index contributed by atoms with van der Waals surface area (Å²) in [5.74, 6) is 14.4. The molecule has 35 heavy (non-hydrogen) atoms. The van der Waals surface area contributed by atoms with Gasteiger partial charge in [0.25, 0.3) is 0 Å². The molecule has 0 saturated heterocycles. The largest absolute Gasteiger partial charge is 0.466 e. The maximum Gasteiger partial charge on any atom is 0.466 e. The average molecular weight is 507 g/mol. The molecule has 200 valence electrons. The molecule has 9 aliphatic rings. The lowest BCUT2D eigenvalue weighted by Gasteiger charge is -2.23. The summed E-state index contributed by atoms with van der Waals surface area (Å²) in [5, 5.41) is 0. The molecule has 6 bridgehead atoms. The van der Waals surface area contributed by atoms with Crippen LogP contribution in [-0.2, 0) is 4.57 Å². The molecule has 5 heteroatoms. The minimum absolute atomic E-state index is 1.19. The van der Waals surface area contributed by atoms with Gasteiger partial charge in [0.2, 0.25) is 0 Å². The third-order valence-electron chi connectivity index (χ3n) is 13.0. The summed E-state index contributed by atoms with van der Waals surface area (Å²) in [5.41, 5.74) is 0. The zero-order chi connectivity index (χ0) is 24.2.